The van der Waals surface area contributed by atoms with Crippen LogP contribution in [0.2, 0.25) is 0 Å². The summed E-state index contributed by atoms with van der Waals surface area (Å²) in [4.78, 5) is 18.9. The summed E-state index contributed by atoms with van der Waals surface area (Å²) in [5, 5.41) is 4.16. The van der Waals surface area contributed by atoms with Crippen LogP contribution in [0.25, 0.3) is 10.9 Å². The number of amides is 2. The highest BCUT2D eigenvalue weighted by Crippen LogP contribution is 2.17. The Kier molecular flexibility index (Phi) is 6.23. The first-order valence-corrected chi connectivity index (χ1v) is 9.25. The number of hydrogen-bond acceptors (Lipinski definition) is 3. The molecular formula is C20H27N3O2. The molecule has 25 heavy (non-hydrogen) atoms. The van der Waals surface area contributed by atoms with Crippen molar-refractivity contribution in [3.05, 3.63) is 42.1 Å². The summed E-state index contributed by atoms with van der Waals surface area (Å²) < 4.78 is 5.80. The van der Waals surface area contributed by atoms with Crippen LogP contribution in [0.15, 0.2) is 36.5 Å². The standard InChI is InChI=1S/C20H27N3O2/c1-2-12-23(15-17-7-5-6-13-25-17)20(24)22-14-16-10-11-21-19-9-4-3-8-18(16)19/h3-4,8-11,17H,2,5-7,12-15H2,1H3,(H,22,24). The van der Waals surface area contributed by atoms with Gasteiger partial charge in [0.25, 0.3) is 0 Å². The SMILES string of the molecule is CCCN(CC1CCCCO1)C(=O)NCc1ccnc2ccccc12. The quantitative estimate of drug-likeness (QED) is 0.871. The summed E-state index contributed by atoms with van der Waals surface area (Å²) in [5.74, 6) is 0. The van der Waals surface area contributed by atoms with Crippen molar-refractivity contribution in [2.75, 3.05) is 19.7 Å². The molecule has 1 unspecified atom stereocenters. The van der Waals surface area contributed by atoms with Crippen molar-refractivity contribution in [1.82, 2.24) is 15.2 Å². The van der Waals surface area contributed by atoms with Crippen LogP contribution in [0.1, 0.15) is 38.2 Å². The number of carbonyl (C=O) groups is 1. The van der Waals surface area contributed by atoms with E-state index in [4.69, 9.17) is 4.74 Å². The molecule has 1 saturated heterocycles. The third-order valence-electron chi connectivity index (χ3n) is 4.65. The molecule has 1 N–H and O–H groups in total. The third kappa shape index (κ3) is 4.69. The van der Waals surface area contributed by atoms with Gasteiger partial charge in [0.05, 0.1) is 11.6 Å². The van der Waals surface area contributed by atoms with Gasteiger partial charge >= 0.3 is 6.03 Å². The summed E-state index contributed by atoms with van der Waals surface area (Å²) in [5.41, 5.74) is 2.04. The molecular weight excluding hydrogens is 314 g/mol. The van der Waals surface area contributed by atoms with E-state index in [-0.39, 0.29) is 12.1 Å². The largest absolute Gasteiger partial charge is 0.376 e. The summed E-state index contributed by atoms with van der Waals surface area (Å²) in [6.07, 6.45) is 6.28. The Balaban J connectivity index is 1.62. The number of fused-ring (bicyclic) bond motifs is 1. The van der Waals surface area contributed by atoms with Crippen LogP contribution in [0.5, 0.6) is 0 Å². The second kappa shape index (κ2) is 8.81. The van der Waals surface area contributed by atoms with E-state index in [1.165, 1.54) is 6.42 Å². The molecule has 2 aromatic rings. The molecule has 1 aromatic carbocycles. The highest BCUT2D eigenvalue weighted by atomic mass is 16.5. The predicted molar refractivity (Wildman–Crippen MR) is 99.4 cm³/mol. The Morgan fingerprint density at radius 3 is 3.00 bits per heavy atom. The zero-order valence-corrected chi connectivity index (χ0v) is 14.9. The first kappa shape index (κ1) is 17.7. The van der Waals surface area contributed by atoms with Crippen molar-refractivity contribution < 1.29 is 9.53 Å². The second-order valence-corrected chi connectivity index (χ2v) is 6.58. The minimum Gasteiger partial charge on any atom is -0.376 e. The van der Waals surface area contributed by atoms with Crippen LogP contribution >= 0.6 is 0 Å². The smallest absolute Gasteiger partial charge is 0.317 e. The van der Waals surface area contributed by atoms with Crippen molar-refractivity contribution in [2.24, 2.45) is 0 Å². The van der Waals surface area contributed by atoms with Crippen molar-refractivity contribution in [2.45, 2.75) is 45.3 Å². The number of rotatable bonds is 6. The van der Waals surface area contributed by atoms with Gasteiger partial charge < -0.3 is 15.0 Å². The van der Waals surface area contributed by atoms with Gasteiger partial charge in [-0.25, -0.2) is 4.79 Å². The van der Waals surface area contributed by atoms with Crippen LogP contribution in [-0.4, -0.2) is 41.7 Å². The number of ether oxygens (including phenoxy) is 1. The number of carbonyl (C=O) groups excluding carboxylic acids is 1. The van der Waals surface area contributed by atoms with Crippen LogP contribution < -0.4 is 5.32 Å². The van der Waals surface area contributed by atoms with E-state index in [0.717, 1.165) is 48.9 Å². The molecule has 1 fully saturated rings. The average molecular weight is 341 g/mol. The lowest BCUT2D eigenvalue weighted by molar-refractivity contribution is 0.000697. The highest BCUT2D eigenvalue weighted by molar-refractivity contribution is 5.82. The summed E-state index contributed by atoms with van der Waals surface area (Å²) in [6, 6.07) is 9.96. The molecule has 0 radical (unpaired) electrons. The number of para-hydroxylation sites is 1. The fourth-order valence-corrected chi connectivity index (χ4v) is 3.33. The maximum atomic E-state index is 12.7. The Morgan fingerprint density at radius 2 is 2.20 bits per heavy atom. The van der Waals surface area contributed by atoms with E-state index in [0.29, 0.717) is 13.1 Å². The number of benzene rings is 1. The predicted octanol–water partition coefficient (Wildman–Crippen LogP) is 3.73. The summed E-state index contributed by atoms with van der Waals surface area (Å²) in [7, 11) is 0. The van der Waals surface area contributed by atoms with Gasteiger partial charge in [-0.15, -0.1) is 0 Å². The molecule has 3 rings (SSSR count). The monoisotopic (exact) mass is 341 g/mol. The number of hydrogen-bond donors (Lipinski definition) is 1. The zero-order valence-electron chi connectivity index (χ0n) is 14.9. The Morgan fingerprint density at radius 1 is 1.32 bits per heavy atom. The minimum atomic E-state index is -0.0167. The molecule has 0 aliphatic carbocycles. The molecule has 0 saturated carbocycles. The van der Waals surface area contributed by atoms with E-state index in [1.807, 2.05) is 35.2 Å². The second-order valence-electron chi connectivity index (χ2n) is 6.58. The lowest BCUT2D eigenvalue weighted by Gasteiger charge is -2.30. The van der Waals surface area contributed by atoms with Crippen LogP contribution in [-0.2, 0) is 11.3 Å². The van der Waals surface area contributed by atoms with Gasteiger partial charge in [0.1, 0.15) is 0 Å². The number of nitrogens with zero attached hydrogens (tertiary/aromatic N) is 2. The van der Waals surface area contributed by atoms with Crippen LogP contribution in [0.3, 0.4) is 0 Å². The first-order chi connectivity index (χ1) is 12.3. The molecule has 1 aliphatic rings. The lowest BCUT2D eigenvalue weighted by atomic mass is 10.1. The molecule has 0 spiro atoms. The van der Waals surface area contributed by atoms with E-state index in [2.05, 4.69) is 17.2 Å². The molecule has 1 aromatic heterocycles. The molecule has 0 bridgehead atoms. The van der Waals surface area contributed by atoms with Gasteiger partial charge in [-0.2, -0.15) is 0 Å². The topological polar surface area (TPSA) is 54.5 Å². The molecule has 2 heterocycles. The van der Waals surface area contributed by atoms with Gasteiger partial charge in [0.2, 0.25) is 0 Å². The van der Waals surface area contributed by atoms with E-state index in [1.54, 1.807) is 6.20 Å². The van der Waals surface area contributed by atoms with Crippen molar-refractivity contribution in [3.8, 4) is 0 Å². The molecule has 1 aliphatic heterocycles. The highest BCUT2D eigenvalue weighted by Gasteiger charge is 2.21. The fourth-order valence-electron chi connectivity index (χ4n) is 3.33. The molecule has 5 nitrogen and oxygen atoms in total. The normalized spacial score (nSPS) is 17.4. The van der Waals surface area contributed by atoms with Gasteiger partial charge in [-0.3, -0.25) is 4.98 Å². The molecule has 2 amide bonds. The maximum absolute atomic E-state index is 12.7. The van der Waals surface area contributed by atoms with Crippen LogP contribution in [0.4, 0.5) is 4.79 Å². The van der Waals surface area contributed by atoms with Gasteiger partial charge in [-0.05, 0) is 43.4 Å². The minimum absolute atomic E-state index is 0.0167. The van der Waals surface area contributed by atoms with Crippen LogP contribution in [0, 0.1) is 0 Å². The Bertz CT molecular complexity index is 693. The molecule has 5 heteroatoms. The Hall–Kier alpha value is -2.14. The van der Waals surface area contributed by atoms with Crippen molar-refractivity contribution in [1.29, 1.82) is 0 Å². The number of urea groups is 1. The van der Waals surface area contributed by atoms with E-state index < -0.39 is 0 Å². The fraction of sp³-hybridized carbons (Fsp3) is 0.500. The molecule has 134 valence electrons. The van der Waals surface area contributed by atoms with Gasteiger partial charge in [0, 0.05) is 37.8 Å². The van der Waals surface area contributed by atoms with E-state index >= 15 is 0 Å². The van der Waals surface area contributed by atoms with Crippen molar-refractivity contribution >= 4 is 16.9 Å². The lowest BCUT2D eigenvalue weighted by Crippen LogP contribution is -2.45. The van der Waals surface area contributed by atoms with Crippen molar-refractivity contribution in [3.63, 3.8) is 0 Å². The maximum Gasteiger partial charge on any atom is 0.317 e. The third-order valence-corrected chi connectivity index (χ3v) is 4.65. The summed E-state index contributed by atoms with van der Waals surface area (Å²) in [6.45, 7) is 4.85. The number of pyridine rings is 1. The average Bonchev–Trinajstić information content (AvgIpc) is 2.66. The number of nitrogens with one attached hydrogen (secondary N) is 1. The zero-order chi connectivity index (χ0) is 17.5. The number of aromatic nitrogens is 1. The Labute approximate surface area is 149 Å². The van der Waals surface area contributed by atoms with Gasteiger partial charge in [-0.1, -0.05) is 25.1 Å². The summed E-state index contributed by atoms with van der Waals surface area (Å²) >= 11 is 0. The van der Waals surface area contributed by atoms with Gasteiger partial charge in [0.15, 0.2) is 0 Å². The van der Waals surface area contributed by atoms with E-state index in [9.17, 15) is 4.79 Å². The molecule has 1 atom stereocenters. The first-order valence-electron chi connectivity index (χ1n) is 9.25.